The first-order valence-electron chi connectivity index (χ1n) is 12.1. The number of carbonyl (C=O) groups excluding carboxylic acids is 1. The zero-order valence-electron chi connectivity index (χ0n) is 21.4. The normalized spacial score (nSPS) is 15.5. The third kappa shape index (κ3) is 8.74. The van der Waals surface area contributed by atoms with Crippen LogP contribution >= 0.6 is 0 Å². The molecule has 0 bridgehead atoms. The van der Waals surface area contributed by atoms with E-state index in [0.29, 0.717) is 18.0 Å². The average molecular weight is 503 g/mol. The maximum atomic E-state index is 12.7. The highest BCUT2D eigenvalue weighted by atomic mass is 32.2. The van der Waals surface area contributed by atoms with Crippen molar-refractivity contribution in [3.05, 3.63) is 54.1 Å². The van der Waals surface area contributed by atoms with Crippen molar-refractivity contribution in [1.29, 1.82) is 0 Å². The van der Waals surface area contributed by atoms with Crippen molar-refractivity contribution in [3.63, 3.8) is 0 Å². The maximum absolute atomic E-state index is 12.7. The Kier molecular flexibility index (Phi) is 8.66. The molecule has 0 aromatic heterocycles. The van der Waals surface area contributed by atoms with E-state index in [1.54, 1.807) is 24.3 Å². The van der Waals surface area contributed by atoms with Gasteiger partial charge in [-0.1, -0.05) is 12.1 Å². The smallest absolute Gasteiger partial charge is 0.318 e. The number of likely N-dealkylation sites (tertiary alicyclic amines) is 1. The molecule has 0 radical (unpaired) electrons. The summed E-state index contributed by atoms with van der Waals surface area (Å²) in [6.45, 7) is 11.5. The van der Waals surface area contributed by atoms with Gasteiger partial charge in [-0.2, -0.15) is 0 Å². The Labute approximate surface area is 209 Å². The average Bonchev–Trinajstić information content (AvgIpc) is 2.76. The summed E-state index contributed by atoms with van der Waals surface area (Å²) in [5.74, 6) is 1.36. The van der Waals surface area contributed by atoms with Crippen LogP contribution in [-0.4, -0.2) is 61.7 Å². The number of hydrogen-bond donors (Lipinski definition) is 2. The number of ether oxygens (including phenoxy) is 1. The molecule has 2 aromatic carbocycles. The minimum absolute atomic E-state index is 0.0235. The minimum atomic E-state index is -3.30. The molecular weight excluding hydrogens is 464 g/mol. The van der Waals surface area contributed by atoms with E-state index in [9.17, 15) is 13.2 Å². The summed E-state index contributed by atoms with van der Waals surface area (Å²) in [5, 5.41) is 3.09. The molecule has 9 heteroatoms. The van der Waals surface area contributed by atoms with Crippen molar-refractivity contribution in [2.45, 2.75) is 58.7 Å². The number of nitrogens with zero attached hydrogens (tertiary/aromatic N) is 2. The number of sulfonamides is 1. The lowest BCUT2D eigenvalue weighted by molar-refractivity contribution is 0.116. The maximum Gasteiger partial charge on any atom is 0.318 e. The van der Waals surface area contributed by atoms with Crippen LogP contribution in [0.4, 0.5) is 10.5 Å². The highest BCUT2D eigenvalue weighted by Crippen LogP contribution is 2.25. The SMILES string of the molecule is CCN(C(=O)NC(C)(C)C)C1CCN(Cc2ccc(Oc3ccc(NS(C)(=O)=O)cc3)cc2)CC1. The van der Waals surface area contributed by atoms with Gasteiger partial charge in [0.15, 0.2) is 0 Å². The fourth-order valence-electron chi connectivity index (χ4n) is 4.21. The Bertz CT molecular complexity index is 1070. The van der Waals surface area contributed by atoms with Gasteiger partial charge in [-0.15, -0.1) is 0 Å². The van der Waals surface area contributed by atoms with Crippen molar-refractivity contribution in [2.24, 2.45) is 0 Å². The lowest BCUT2D eigenvalue weighted by Crippen LogP contribution is -2.54. The summed E-state index contributed by atoms with van der Waals surface area (Å²) in [5.41, 5.74) is 1.47. The van der Waals surface area contributed by atoms with Gasteiger partial charge in [-0.25, -0.2) is 13.2 Å². The van der Waals surface area contributed by atoms with E-state index in [1.165, 1.54) is 5.56 Å². The van der Waals surface area contributed by atoms with Crippen molar-refractivity contribution in [2.75, 3.05) is 30.6 Å². The number of carbonyl (C=O) groups is 1. The summed E-state index contributed by atoms with van der Waals surface area (Å²) in [4.78, 5) is 17.1. The highest BCUT2D eigenvalue weighted by molar-refractivity contribution is 7.92. The van der Waals surface area contributed by atoms with Gasteiger partial charge in [-0.05, 0) is 82.5 Å². The Morgan fingerprint density at radius 1 is 1.03 bits per heavy atom. The van der Waals surface area contributed by atoms with Gasteiger partial charge < -0.3 is 15.0 Å². The Hall–Kier alpha value is -2.78. The molecule has 2 N–H and O–H groups in total. The number of nitrogens with one attached hydrogen (secondary N) is 2. The molecule has 0 aliphatic carbocycles. The molecule has 0 spiro atoms. The molecule has 0 unspecified atom stereocenters. The second-order valence-corrected chi connectivity index (χ2v) is 11.9. The predicted molar refractivity (Wildman–Crippen MR) is 140 cm³/mol. The molecular formula is C26H38N4O4S. The van der Waals surface area contributed by atoms with E-state index < -0.39 is 10.0 Å². The van der Waals surface area contributed by atoms with Crippen LogP contribution in [0.3, 0.4) is 0 Å². The van der Waals surface area contributed by atoms with E-state index in [0.717, 1.165) is 44.5 Å². The lowest BCUT2D eigenvalue weighted by atomic mass is 10.0. The highest BCUT2D eigenvalue weighted by Gasteiger charge is 2.28. The van der Waals surface area contributed by atoms with E-state index in [-0.39, 0.29) is 17.6 Å². The van der Waals surface area contributed by atoms with Crippen molar-refractivity contribution >= 4 is 21.7 Å². The number of urea groups is 1. The topological polar surface area (TPSA) is 91.0 Å². The number of rotatable bonds is 8. The lowest BCUT2D eigenvalue weighted by Gasteiger charge is -2.39. The summed E-state index contributed by atoms with van der Waals surface area (Å²) in [7, 11) is -3.30. The zero-order chi connectivity index (χ0) is 25.6. The second-order valence-electron chi connectivity index (χ2n) is 10.1. The van der Waals surface area contributed by atoms with Gasteiger partial charge >= 0.3 is 6.03 Å². The first kappa shape index (κ1) is 26.8. The van der Waals surface area contributed by atoms with Crippen LogP contribution in [0.2, 0.25) is 0 Å². The number of anilines is 1. The molecule has 1 aliphatic rings. The molecule has 2 amide bonds. The fourth-order valence-corrected chi connectivity index (χ4v) is 4.78. The van der Waals surface area contributed by atoms with Crippen LogP contribution in [0.15, 0.2) is 48.5 Å². The van der Waals surface area contributed by atoms with E-state index in [1.807, 2.05) is 44.7 Å². The zero-order valence-corrected chi connectivity index (χ0v) is 22.2. The molecule has 8 nitrogen and oxygen atoms in total. The predicted octanol–water partition coefficient (Wildman–Crippen LogP) is 4.64. The van der Waals surface area contributed by atoms with Crippen LogP contribution in [0.1, 0.15) is 46.1 Å². The number of piperidine rings is 1. The van der Waals surface area contributed by atoms with Crippen molar-refractivity contribution in [1.82, 2.24) is 15.1 Å². The molecule has 35 heavy (non-hydrogen) atoms. The fraction of sp³-hybridized carbons (Fsp3) is 0.500. The number of hydrogen-bond acceptors (Lipinski definition) is 5. The van der Waals surface area contributed by atoms with Crippen molar-refractivity contribution < 1.29 is 17.9 Å². The molecule has 0 saturated carbocycles. The van der Waals surface area contributed by atoms with Gasteiger partial charge in [0.05, 0.1) is 6.26 Å². The minimum Gasteiger partial charge on any atom is -0.457 e. The standard InChI is InChI=1S/C26H38N4O4S/c1-6-30(25(31)27-26(2,3)4)22-15-17-29(18-16-22)19-20-7-11-23(12-8-20)34-24-13-9-21(10-14-24)28-35(5,32)33/h7-14,22,28H,6,15-19H2,1-5H3,(H,27,31). The summed E-state index contributed by atoms with van der Waals surface area (Å²) in [6.07, 6.45) is 3.06. The third-order valence-corrected chi connectivity index (χ3v) is 6.41. The van der Waals surface area contributed by atoms with Gasteiger partial charge in [0.2, 0.25) is 10.0 Å². The van der Waals surface area contributed by atoms with Gasteiger partial charge in [0.1, 0.15) is 11.5 Å². The van der Waals surface area contributed by atoms with Crippen LogP contribution in [-0.2, 0) is 16.6 Å². The second kappa shape index (κ2) is 11.3. The van der Waals surface area contributed by atoms with E-state index >= 15 is 0 Å². The Balaban J connectivity index is 1.48. The van der Waals surface area contributed by atoms with E-state index in [2.05, 4.69) is 27.1 Å². The molecule has 1 aliphatic heterocycles. The van der Waals surface area contributed by atoms with Gasteiger partial charge in [0.25, 0.3) is 0 Å². The summed E-state index contributed by atoms with van der Waals surface area (Å²) >= 11 is 0. The first-order valence-corrected chi connectivity index (χ1v) is 14.0. The van der Waals surface area contributed by atoms with Crippen molar-refractivity contribution in [3.8, 4) is 11.5 Å². The van der Waals surface area contributed by atoms with Crippen LogP contribution in [0, 0.1) is 0 Å². The quantitative estimate of drug-likeness (QED) is 0.549. The molecule has 1 heterocycles. The monoisotopic (exact) mass is 502 g/mol. The van der Waals surface area contributed by atoms with E-state index in [4.69, 9.17) is 4.74 Å². The van der Waals surface area contributed by atoms with Crippen LogP contribution in [0.25, 0.3) is 0 Å². The Morgan fingerprint density at radius 3 is 2.06 bits per heavy atom. The molecule has 2 aromatic rings. The van der Waals surface area contributed by atoms with Gasteiger partial charge in [-0.3, -0.25) is 9.62 Å². The Morgan fingerprint density at radius 2 is 1.57 bits per heavy atom. The number of amides is 2. The summed E-state index contributed by atoms with van der Waals surface area (Å²) in [6, 6.07) is 15.1. The first-order chi connectivity index (χ1) is 16.4. The molecule has 1 saturated heterocycles. The molecule has 192 valence electrons. The van der Waals surface area contributed by atoms with Crippen LogP contribution < -0.4 is 14.8 Å². The largest absolute Gasteiger partial charge is 0.457 e. The number of benzene rings is 2. The summed E-state index contributed by atoms with van der Waals surface area (Å²) < 4.78 is 31.0. The molecule has 3 rings (SSSR count). The van der Waals surface area contributed by atoms with Gasteiger partial charge in [0, 0.05) is 43.4 Å². The molecule has 1 fully saturated rings. The molecule has 0 atom stereocenters. The van der Waals surface area contributed by atoms with Crippen LogP contribution in [0.5, 0.6) is 11.5 Å². The third-order valence-electron chi connectivity index (χ3n) is 5.80.